The molecule has 2 aliphatic carbocycles. The van der Waals surface area contributed by atoms with Gasteiger partial charge in [0, 0.05) is 24.2 Å². The lowest BCUT2D eigenvalue weighted by Crippen LogP contribution is -2.43. The van der Waals surface area contributed by atoms with E-state index in [-0.39, 0.29) is 23.7 Å². The molecule has 2 aromatic carbocycles. The topological polar surface area (TPSA) is 62.3 Å². The van der Waals surface area contributed by atoms with Gasteiger partial charge < -0.3 is 10.2 Å². The van der Waals surface area contributed by atoms with E-state index < -0.39 is 10.8 Å². The minimum atomic E-state index is -0.637. The van der Waals surface area contributed by atoms with E-state index in [1.165, 1.54) is 22.3 Å². The number of halogens is 1. The number of amides is 2. The third-order valence-corrected chi connectivity index (χ3v) is 9.14. The van der Waals surface area contributed by atoms with E-state index in [2.05, 4.69) is 64.9 Å². The third kappa shape index (κ3) is 4.04. The number of rotatable bonds is 6. The number of aromatic nitrogens is 1. The second kappa shape index (κ2) is 9.39. The van der Waals surface area contributed by atoms with Crippen LogP contribution in [0.3, 0.4) is 0 Å². The van der Waals surface area contributed by atoms with Gasteiger partial charge in [-0.1, -0.05) is 60.7 Å². The summed E-state index contributed by atoms with van der Waals surface area (Å²) in [6.07, 6.45) is 9.15. The molecule has 0 saturated carbocycles. The maximum absolute atomic E-state index is 13.6. The van der Waals surface area contributed by atoms with Crippen molar-refractivity contribution >= 4 is 35.3 Å². The lowest BCUT2D eigenvalue weighted by Gasteiger charge is -2.35. The van der Waals surface area contributed by atoms with E-state index in [4.69, 9.17) is 11.6 Å². The Labute approximate surface area is 228 Å². The summed E-state index contributed by atoms with van der Waals surface area (Å²) in [5, 5.41) is 2.98. The molecule has 1 spiro atoms. The zero-order chi connectivity index (χ0) is 26.5. The maximum Gasteiger partial charge on any atom is 0.237 e. The van der Waals surface area contributed by atoms with Crippen molar-refractivity contribution in [1.82, 2.24) is 9.88 Å². The molecule has 0 radical (unpaired) electrons. The van der Waals surface area contributed by atoms with E-state index in [1.54, 1.807) is 6.20 Å². The first-order chi connectivity index (χ1) is 18.3. The average molecular weight is 526 g/mol. The number of fused-ring (bicyclic) bond motifs is 4. The summed E-state index contributed by atoms with van der Waals surface area (Å²) >= 11 is 6.22. The highest BCUT2D eigenvalue weighted by atomic mass is 35.5. The quantitative estimate of drug-likeness (QED) is 0.410. The number of nitrogens with zero attached hydrogens (tertiary/aromatic N) is 2. The molecule has 2 amide bonds. The maximum atomic E-state index is 13.6. The van der Waals surface area contributed by atoms with Crippen LogP contribution in [0.25, 0.3) is 6.08 Å². The van der Waals surface area contributed by atoms with Crippen molar-refractivity contribution in [2.75, 3.05) is 17.7 Å². The highest BCUT2D eigenvalue weighted by Gasteiger charge is 2.51. The van der Waals surface area contributed by atoms with Crippen LogP contribution in [0.5, 0.6) is 0 Å². The molecule has 38 heavy (non-hydrogen) atoms. The molecule has 3 aliphatic rings. The van der Waals surface area contributed by atoms with Crippen molar-refractivity contribution in [3.05, 3.63) is 100 Å². The number of benzene rings is 2. The molecule has 0 bridgehead atoms. The van der Waals surface area contributed by atoms with E-state index in [0.29, 0.717) is 25.2 Å². The smallest absolute Gasteiger partial charge is 0.237 e. The van der Waals surface area contributed by atoms with E-state index in [0.717, 1.165) is 24.0 Å². The Kier molecular flexibility index (Phi) is 6.14. The molecule has 2 heterocycles. The fourth-order valence-corrected chi connectivity index (χ4v) is 6.46. The van der Waals surface area contributed by atoms with Gasteiger partial charge >= 0.3 is 0 Å². The molecule has 6 heteroatoms. The highest BCUT2D eigenvalue weighted by molar-refractivity contribution is 6.19. The standard InChI is InChI=1S/C32H32ClN3O2/c1-31(2,20-33)30(38)36(27-14-13-22-8-3-4-9-25(22)27)16-6-7-21-11-12-23-18-32(19-24(23)17-21)26-10-5-15-34-28(26)35-29(32)37/h3-12,15,17,27H,13-14,16,18-20H2,1-2H3,(H,34,35,37)/b7-6+/t27-,32-/m1/s1. The van der Waals surface area contributed by atoms with Crippen LogP contribution in [0.1, 0.15) is 59.7 Å². The predicted molar refractivity (Wildman–Crippen MR) is 151 cm³/mol. The molecule has 0 unspecified atom stereocenters. The highest BCUT2D eigenvalue weighted by Crippen LogP contribution is 2.46. The Balaban J connectivity index is 1.24. The number of anilines is 1. The minimum absolute atomic E-state index is 0.0346. The van der Waals surface area contributed by atoms with Crippen LogP contribution >= 0.6 is 11.6 Å². The molecule has 3 aromatic rings. The molecule has 5 nitrogen and oxygen atoms in total. The summed E-state index contributed by atoms with van der Waals surface area (Å²) in [5.74, 6) is 1.07. The lowest BCUT2D eigenvalue weighted by atomic mass is 9.79. The van der Waals surface area contributed by atoms with Crippen LogP contribution in [-0.4, -0.2) is 34.1 Å². The Morgan fingerprint density at radius 1 is 1.13 bits per heavy atom. The van der Waals surface area contributed by atoms with Gasteiger partial charge in [-0.2, -0.15) is 0 Å². The zero-order valence-electron chi connectivity index (χ0n) is 21.8. The second-order valence-corrected chi connectivity index (χ2v) is 11.7. The van der Waals surface area contributed by atoms with Crippen LogP contribution in [0.2, 0.25) is 0 Å². The van der Waals surface area contributed by atoms with Gasteiger partial charge in [-0.3, -0.25) is 9.59 Å². The van der Waals surface area contributed by atoms with Gasteiger partial charge in [0.05, 0.1) is 16.9 Å². The van der Waals surface area contributed by atoms with E-state index in [1.807, 2.05) is 30.9 Å². The number of hydrogen-bond donors (Lipinski definition) is 1. The van der Waals surface area contributed by atoms with Crippen molar-refractivity contribution in [3.63, 3.8) is 0 Å². The van der Waals surface area contributed by atoms with Crippen LogP contribution in [0.15, 0.2) is 66.9 Å². The Morgan fingerprint density at radius 2 is 1.95 bits per heavy atom. The summed E-state index contributed by atoms with van der Waals surface area (Å²) < 4.78 is 0. The Bertz CT molecular complexity index is 1460. The Morgan fingerprint density at radius 3 is 2.79 bits per heavy atom. The molecule has 6 rings (SSSR count). The number of alkyl halides is 1. The average Bonchev–Trinajstić information content (AvgIpc) is 3.60. The number of hydrogen-bond acceptors (Lipinski definition) is 3. The van der Waals surface area contributed by atoms with Crippen LogP contribution in [0, 0.1) is 5.41 Å². The van der Waals surface area contributed by atoms with Crippen molar-refractivity contribution in [2.45, 2.75) is 51.0 Å². The first-order valence-corrected chi connectivity index (χ1v) is 13.9. The summed E-state index contributed by atoms with van der Waals surface area (Å²) in [4.78, 5) is 33.0. The minimum Gasteiger partial charge on any atom is -0.331 e. The van der Waals surface area contributed by atoms with Crippen LogP contribution in [0.4, 0.5) is 5.82 Å². The van der Waals surface area contributed by atoms with Gasteiger partial charge in [0.25, 0.3) is 0 Å². The SMILES string of the molecule is CC(C)(CCl)C(=O)N(C/C=C/c1ccc2c(c1)C[C@@]1(C2)C(=O)Nc2ncccc21)[C@@H]1CCc2ccccc21. The lowest BCUT2D eigenvalue weighted by molar-refractivity contribution is -0.141. The number of carbonyl (C=O) groups excluding carboxylic acids is 2. The van der Waals surface area contributed by atoms with Crippen molar-refractivity contribution in [3.8, 4) is 0 Å². The van der Waals surface area contributed by atoms with Crippen molar-refractivity contribution in [1.29, 1.82) is 0 Å². The molecule has 1 aromatic heterocycles. The number of carbonyl (C=O) groups is 2. The summed E-state index contributed by atoms with van der Waals surface area (Å²) in [5.41, 5.74) is 5.82. The summed E-state index contributed by atoms with van der Waals surface area (Å²) in [7, 11) is 0. The fourth-order valence-electron chi connectivity index (χ4n) is 6.35. The normalized spacial score (nSPS) is 21.4. The first kappa shape index (κ1) is 24.9. The fraction of sp³-hybridized carbons (Fsp3) is 0.344. The van der Waals surface area contributed by atoms with Crippen LogP contribution < -0.4 is 5.32 Å². The molecule has 0 saturated heterocycles. The molecule has 1 aliphatic heterocycles. The number of pyridine rings is 1. The molecule has 1 N–H and O–H groups in total. The van der Waals surface area contributed by atoms with Gasteiger partial charge in [0.1, 0.15) is 5.82 Å². The molecular formula is C32H32ClN3O2. The second-order valence-electron chi connectivity index (χ2n) is 11.4. The summed E-state index contributed by atoms with van der Waals surface area (Å²) in [6.45, 7) is 4.35. The van der Waals surface area contributed by atoms with Crippen molar-refractivity contribution < 1.29 is 9.59 Å². The van der Waals surface area contributed by atoms with Gasteiger partial charge in [-0.15, -0.1) is 11.6 Å². The van der Waals surface area contributed by atoms with Gasteiger partial charge in [-0.25, -0.2) is 4.98 Å². The largest absolute Gasteiger partial charge is 0.331 e. The predicted octanol–water partition coefficient (Wildman–Crippen LogP) is 5.86. The van der Waals surface area contributed by atoms with E-state index in [9.17, 15) is 9.59 Å². The summed E-state index contributed by atoms with van der Waals surface area (Å²) in [6, 6.07) is 18.8. The number of nitrogens with one attached hydrogen (secondary N) is 1. The van der Waals surface area contributed by atoms with Gasteiger partial charge in [0.15, 0.2) is 0 Å². The van der Waals surface area contributed by atoms with Gasteiger partial charge in [0.2, 0.25) is 11.8 Å². The molecule has 2 atom stereocenters. The zero-order valence-corrected chi connectivity index (χ0v) is 22.6. The molecule has 194 valence electrons. The van der Waals surface area contributed by atoms with Crippen molar-refractivity contribution in [2.24, 2.45) is 5.41 Å². The van der Waals surface area contributed by atoms with Crippen LogP contribution in [-0.2, 0) is 34.3 Å². The Hall–Kier alpha value is -3.44. The third-order valence-electron chi connectivity index (χ3n) is 8.47. The van der Waals surface area contributed by atoms with E-state index >= 15 is 0 Å². The monoisotopic (exact) mass is 525 g/mol. The van der Waals surface area contributed by atoms with Gasteiger partial charge in [-0.05, 0) is 73.4 Å². The first-order valence-electron chi connectivity index (χ1n) is 13.3. The number of aryl methyl sites for hydroxylation is 1. The molecule has 0 fully saturated rings. The molecular weight excluding hydrogens is 494 g/mol.